The van der Waals surface area contributed by atoms with Crippen LogP contribution in [-0.4, -0.2) is 69.7 Å². The van der Waals surface area contributed by atoms with Crippen LogP contribution in [0.3, 0.4) is 0 Å². The number of carbonyl (C=O) groups excluding carboxylic acids is 4. The van der Waals surface area contributed by atoms with Crippen LogP contribution < -0.4 is 21.3 Å². The summed E-state index contributed by atoms with van der Waals surface area (Å²) in [6, 6.07) is 28.7. The Balaban J connectivity index is 1.32. The number of rotatable bonds is 19. The fourth-order valence-corrected chi connectivity index (χ4v) is 6.43. The molecule has 4 atom stereocenters. The molecule has 0 bridgehead atoms. The first-order chi connectivity index (χ1) is 27.1. The number of hydrogen-bond donors (Lipinski definition) is 5. The topological polar surface area (TPSA) is 172 Å². The van der Waals surface area contributed by atoms with Crippen LogP contribution in [-0.2, 0) is 45.0 Å². The Hall–Kier alpha value is -6.14. The molecule has 56 heavy (non-hydrogen) atoms. The minimum Gasteiger partial charge on any atom is -0.445 e. The highest BCUT2D eigenvalue weighted by molar-refractivity contribution is 5.93. The molecular formula is C44H50N6O6. The van der Waals surface area contributed by atoms with Crippen molar-refractivity contribution in [1.82, 2.24) is 31.2 Å². The first kappa shape index (κ1) is 41.0. The Kier molecular flexibility index (Phi) is 15.4. The average molecular weight is 759 g/mol. The predicted molar refractivity (Wildman–Crippen MR) is 214 cm³/mol. The number of aliphatic hydroxyl groups is 1. The largest absolute Gasteiger partial charge is 0.445 e. The number of fused-ring (bicyclic) bond motifs is 1. The third-order valence-electron chi connectivity index (χ3n) is 9.26. The number of pyridine rings is 2. The lowest BCUT2D eigenvalue weighted by atomic mass is 9.96. The Bertz CT molecular complexity index is 2010. The normalized spacial score (nSPS) is 13.2. The lowest BCUT2D eigenvalue weighted by Crippen LogP contribution is -2.57. The molecule has 5 aromatic rings. The maximum Gasteiger partial charge on any atom is 0.408 e. The monoisotopic (exact) mass is 758 g/mol. The smallest absolute Gasteiger partial charge is 0.408 e. The summed E-state index contributed by atoms with van der Waals surface area (Å²) in [5.41, 5.74) is 3.12. The van der Waals surface area contributed by atoms with E-state index in [0.717, 1.165) is 27.6 Å². The van der Waals surface area contributed by atoms with Crippen molar-refractivity contribution < 1.29 is 29.0 Å². The number of nitrogens with one attached hydrogen (secondary N) is 4. The molecule has 5 rings (SSSR count). The zero-order valence-corrected chi connectivity index (χ0v) is 31.8. The number of carbonyl (C=O) groups is 4. The fourth-order valence-electron chi connectivity index (χ4n) is 6.43. The van der Waals surface area contributed by atoms with Crippen molar-refractivity contribution in [2.45, 2.75) is 76.8 Å². The number of benzene rings is 3. The molecule has 2 heterocycles. The van der Waals surface area contributed by atoms with Gasteiger partial charge in [0, 0.05) is 50.1 Å². The second-order valence-electron chi connectivity index (χ2n) is 14.2. The van der Waals surface area contributed by atoms with E-state index in [4.69, 9.17) is 4.74 Å². The highest BCUT2D eigenvalue weighted by Gasteiger charge is 2.31. The van der Waals surface area contributed by atoms with Crippen LogP contribution in [0.4, 0.5) is 4.79 Å². The number of aromatic nitrogens is 2. The molecule has 0 aliphatic carbocycles. The summed E-state index contributed by atoms with van der Waals surface area (Å²) in [4.78, 5) is 62.9. The van der Waals surface area contributed by atoms with E-state index in [2.05, 4.69) is 31.2 Å². The molecule has 12 heteroatoms. The molecule has 12 nitrogen and oxygen atoms in total. The molecule has 0 saturated carbocycles. The number of hydrogen-bond acceptors (Lipinski definition) is 8. The van der Waals surface area contributed by atoms with Gasteiger partial charge >= 0.3 is 6.09 Å². The SMILES string of the molecule is CC(C)CC(NC(=O)[C@H](Cc1cccnc1)NC(=O)[C@H](Cc1cccc2ccccc12)NC(=O)OCc1ccccc1)C(O)CC(=O)NCCc1ccccn1. The molecule has 0 spiro atoms. The minimum absolute atomic E-state index is 0.00312. The van der Waals surface area contributed by atoms with E-state index < -0.39 is 42.1 Å². The third-order valence-corrected chi connectivity index (χ3v) is 9.26. The van der Waals surface area contributed by atoms with Gasteiger partial charge in [0.25, 0.3) is 0 Å². The van der Waals surface area contributed by atoms with Crippen molar-refractivity contribution in [1.29, 1.82) is 0 Å². The van der Waals surface area contributed by atoms with Gasteiger partial charge in [0.15, 0.2) is 0 Å². The fraction of sp³-hybridized carbons (Fsp3) is 0.318. The van der Waals surface area contributed by atoms with E-state index in [1.54, 1.807) is 30.7 Å². The van der Waals surface area contributed by atoms with E-state index in [0.29, 0.717) is 24.9 Å². The van der Waals surface area contributed by atoms with Crippen LogP contribution in [0.1, 0.15) is 49.1 Å². The first-order valence-corrected chi connectivity index (χ1v) is 18.9. The van der Waals surface area contributed by atoms with Gasteiger partial charge in [0.1, 0.15) is 18.7 Å². The van der Waals surface area contributed by atoms with E-state index in [9.17, 15) is 24.3 Å². The van der Waals surface area contributed by atoms with E-state index >= 15 is 0 Å². The lowest BCUT2D eigenvalue weighted by Gasteiger charge is -2.29. The van der Waals surface area contributed by atoms with Crippen LogP contribution in [0.2, 0.25) is 0 Å². The van der Waals surface area contributed by atoms with Gasteiger partial charge in [-0.2, -0.15) is 0 Å². The molecule has 2 unspecified atom stereocenters. The van der Waals surface area contributed by atoms with Gasteiger partial charge in [-0.05, 0) is 58.0 Å². The van der Waals surface area contributed by atoms with Crippen LogP contribution in [0.5, 0.6) is 0 Å². The maximum atomic E-state index is 14.3. The molecule has 0 radical (unpaired) electrons. The van der Waals surface area contributed by atoms with Gasteiger partial charge in [-0.3, -0.25) is 24.4 Å². The molecule has 3 aromatic carbocycles. The first-order valence-electron chi connectivity index (χ1n) is 18.9. The van der Waals surface area contributed by atoms with Crippen molar-refractivity contribution in [2.75, 3.05) is 6.54 Å². The quantitative estimate of drug-likeness (QED) is 0.0797. The second kappa shape index (κ2) is 21.1. The highest BCUT2D eigenvalue weighted by atomic mass is 16.5. The van der Waals surface area contributed by atoms with E-state index in [1.807, 2.05) is 105 Å². The molecule has 0 aliphatic heterocycles. The van der Waals surface area contributed by atoms with Crippen LogP contribution in [0.25, 0.3) is 10.8 Å². The molecule has 0 aliphatic rings. The molecule has 5 N–H and O–H groups in total. The van der Waals surface area contributed by atoms with Crippen LogP contribution in [0.15, 0.2) is 122 Å². The molecule has 0 saturated heterocycles. The van der Waals surface area contributed by atoms with Crippen molar-refractivity contribution in [2.24, 2.45) is 5.92 Å². The van der Waals surface area contributed by atoms with Gasteiger partial charge in [0.2, 0.25) is 17.7 Å². The Morgan fingerprint density at radius 1 is 0.732 bits per heavy atom. The summed E-state index contributed by atoms with van der Waals surface area (Å²) < 4.78 is 5.50. The number of alkyl carbamates (subject to hydrolysis) is 1. The lowest BCUT2D eigenvalue weighted by molar-refractivity contribution is -0.131. The number of nitrogens with zero attached hydrogens (tertiary/aromatic N) is 2. The summed E-state index contributed by atoms with van der Waals surface area (Å²) in [5.74, 6) is -1.47. The van der Waals surface area contributed by atoms with Gasteiger partial charge in [-0.25, -0.2) is 4.79 Å². The van der Waals surface area contributed by atoms with Gasteiger partial charge in [0.05, 0.1) is 18.6 Å². The third kappa shape index (κ3) is 13.0. The predicted octanol–water partition coefficient (Wildman–Crippen LogP) is 4.84. The zero-order chi connectivity index (χ0) is 39.7. The van der Waals surface area contributed by atoms with Crippen molar-refractivity contribution in [3.63, 3.8) is 0 Å². The summed E-state index contributed by atoms with van der Waals surface area (Å²) in [6.45, 7) is 4.25. The molecule has 292 valence electrons. The molecule has 4 amide bonds. The van der Waals surface area contributed by atoms with Crippen molar-refractivity contribution >= 4 is 34.6 Å². The summed E-state index contributed by atoms with van der Waals surface area (Å²) in [7, 11) is 0. The Morgan fingerprint density at radius 3 is 2.20 bits per heavy atom. The summed E-state index contributed by atoms with van der Waals surface area (Å²) in [6.07, 6.45) is 3.77. The summed E-state index contributed by atoms with van der Waals surface area (Å²) >= 11 is 0. The zero-order valence-electron chi connectivity index (χ0n) is 31.8. The second-order valence-corrected chi connectivity index (χ2v) is 14.2. The van der Waals surface area contributed by atoms with E-state index in [-0.39, 0.29) is 37.7 Å². The van der Waals surface area contributed by atoms with Crippen molar-refractivity contribution in [3.8, 4) is 0 Å². The highest BCUT2D eigenvalue weighted by Crippen LogP contribution is 2.20. The molecule has 0 fully saturated rings. The molecule has 2 aromatic heterocycles. The number of amides is 4. The standard InChI is InChI=1S/C44H50N6O6/c1-30(2)24-37(40(51)27-41(52)47-23-20-35-18-8-9-22-46-35)48-42(53)38(25-32-14-11-21-45-28-32)49-43(54)39(50-44(55)56-29-31-12-4-3-5-13-31)26-34-17-10-16-33-15-6-7-19-36(33)34/h3-19,21-22,28,30,37-40,51H,20,23-27,29H2,1-2H3,(H,47,52)(H,48,53)(H,49,54)(H,50,55)/t37?,38-,39-,40?/m0/s1. The Labute approximate surface area is 327 Å². The van der Waals surface area contributed by atoms with Gasteiger partial charge < -0.3 is 31.1 Å². The van der Waals surface area contributed by atoms with Crippen molar-refractivity contribution in [3.05, 3.63) is 144 Å². The minimum atomic E-state index is -1.20. The van der Waals surface area contributed by atoms with E-state index in [1.165, 1.54) is 0 Å². The maximum absolute atomic E-state index is 14.3. The van der Waals surface area contributed by atoms with Crippen LogP contribution in [0, 0.1) is 5.92 Å². The van der Waals surface area contributed by atoms with Gasteiger partial charge in [-0.15, -0.1) is 0 Å². The average Bonchev–Trinajstić information content (AvgIpc) is 3.20. The van der Waals surface area contributed by atoms with Gasteiger partial charge in [-0.1, -0.05) is 98.8 Å². The summed E-state index contributed by atoms with van der Waals surface area (Å²) in [5, 5.41) is 24.5. The molecular weight excluding hydrogens is 709 g/mol. The Morgan fingerprint density at radius 2 is 1.45 bits per heavy atom. The van der Waals surface area contributed by atoms with Crippen LogP contribution >= 0.6 is 0 Å². The number of aliphatic hydroxyl groups excluding tert-OH is 1. The number of ether oxygens (including phenoxy) is 1.